The number of rotatable bonds is 6. The van der Waals surface area contributed by atoms with E-state index in [9.17, 15) is 35.6 Å². The number of carbonyl (C=O) groups is 2. The van der Waals surface area contributed by atoms with Gasteiger partial charge in [-0.15, -0.1) is 0 Å². The number of Topliss-reactive ketones (excluding diaryl/α,β-unsaturated/α-hetero) is 1. The summed E-state index contributed by atoms with van der Waals surface area (Å²) in [5.41, 5.74) is -1.01. The predicted octanol–water partition coefficient (Wildman–Crippen LogP) is 5.28. The molecule has 0 aromatic heterocycles. The van der Waals surface area contributed by atoms with E-state index in [1.165, 1.54) is 17.0 Å². The number of nitrogens with zero attached hydrogens (tertiary/aromatic N) is 1. The van der Waals surface area contributed by atoms with E-state index in [0.29, 0.717) is 6.07 Å². The number of hydrogen-bond donors (Lipinski definition) is 0. The maximum absolute atomic E-state index is 13.4. The van der Waals surface area contributed by atoms with Crippen molar-refractivity contribution in [3.05, 3.63) is 63.9 Å². The molecule has 0 N–H and O–H groups in total. The monoisotopic (exact) mass is 563 g/mol. The van der Waals surface area contributed by atoms with Crippen LogP contribution in [-0.2, 0) is 20.8 Å². The largest absolute Gasteiger partial charge is 0.416 e. The second kappa shape index (κ2) is 10.2. The molecule has 0 aliphatic carbocycles. The molecule has 5 nitrogen and oxygen atoms in total. The number of carbonyl (C=O) groups excluding carboxylic acids is 2. The molecule has 184 valence electrons. The van der Waals surface area contributed by atoms with Crippen LogP contribution in [0.15, 0.2) is 51.8 Å². The number of likely N-dealkylation sites (tertiary alicyclic amines) is 1. The Hall–Kier alpha value is -2.27. The summed E-state index contributed by atoms with van der Waals surface area (Å²) < 4.78 is 79.0. The van der Waals surface area contributed by atoms with Crippen molar-refractivity contribution < 1.29 is 35.6 Å². The lowest BCUT2D eigenvalue weighted by Crippen LogP contribution is -2.45. The average molecular weight is 564 g/mol. The van der Waals surface area contributed by atoms with Crippen LogP contribution < -0.4 is 0 Å². The highest BCUT2D eigenvalue weighted by Gasteiger charge is 2.38. The van der Waals surface area contributed by atoms with Crippen LogP contribution in [0, 0.1) is 11.7 Å². The van der Waals surface area contributed by atoms with Crippen LogP contribution in [0.25, 0.3) is 0 Å². The van der Waals surface area contributed by atoms with Crippen molar-refractivity contribution in [1.82, 2.24) is 4.90 Å². The van der Waals surface area contributed by atoms with E-state index in [1.54, 1.807) is 6.92 Å². The molecule has 1 fully saturated rings. The van der Waals surface area contributed by atoms with Gasteiger partial charge in [0, 0.05) is 18.7 Å². The second-order valence-electron chi connectivity index (χ2n) is 8.10. The maximum atomic E-state index is 13.4. The average Bonchev–Trinajstić information content (AvgIpc) is 2.80. The van der Waals surface area contributed by atoms with E-state index >= 15 is 0 Å². The normalized spacial score (nSPS) is 16.4. The van der Waals surface area contributed by atoms with Gasteiger partial charge in [-0.1, -0.05) is 13.0 Å². The Kier molecular flexibility index (Phi) is 7.86. The van der Waals surface area contributed by atoms with Gasteiger partial charge in [0.15, 0.2) is 9.84 Å². The number of piperidine rings is 1. The number of hydrogen-bond acceptors (Lipinski definition) is 4. The maximum Gasteiger partial charge on any atom is 0.416 e. The number of alkyl halides is 3. The van der Waals surface area contributed by atoms with Gasteiger partial charge in [0.1, 0.15) is 5.82 Å². The van der Waals surface area contributed by atoms with Gasteiger partial charge in [-0.2, -0.15) is 13.2 Å². The van der Waals surface area contributed by atoms with Gasteiger partial charge in [-0.05, 0) is 77.5 Å². The van der Waals surface area contributed by atoms with Crippen LogP contribution in [0.3, 0.4) is 0 Å². The lowest BCUT2D eigenvalue weighted by Gasteiger charge is -2.35. The van der Waals surface area contributed by atoms with Gasteiger partial charge in [0.2, 0.25) is 5.78 Å². The molecule has 11 heteroatoms. The summed E-state index contributed by atoms with van der Waals surface area (Å²) in [6.07, 6.45) is -3.91. The summed E-state index contributed by atoms with van der Waals surface area (Å²) >= 11 is 2.97. The predicted molar refractivity (Wildman–Crippen MR) is 120 cm³/mol. The highest BCUT2D eigenvalue weighted by atomic mass is 79.9. The molecule has 0 saturated carbocycles. The topological polar surface area (TPSA) is 71.5 Å². The van der Waals surface area contributed by atoms with Crippen molar-refractivity contribution in [2.75, 3.05) is 13.1 Å². The quantitative estimate of drug-likeness (QED) is 0.272. The summed E-state index contributed by atoms with van der Waals surface area (Å²) in [5, 5.41) is -0.919. The molecule has 1 unspecified atom stereocenters. The van der Waals surface area contributed by atoms with Crippen molar-refractivity contribution in [2.45, 2.75) is 42.5 Å². The number of halogens is 5. The fraction of sp³-hybridized carbons (Fsp3) is 0.391. The summed E-state index contributed by atoms with van der Waals surface area (Å²) in [6.45, 7) is 1.92. The Morgan fingerprint density at radius 1 is 1.12 bits per heavy atom. The van der Waals surface area contributed by atoms with Crippen molar-refractivity contribution in [3.8, 4) is 0 Å². The molecule has 1 atom stereocenters. The molecular formula is C23H22BrF4NO4S. The standard InChI is InChI=1S/C23H22BrF4NO4S/c1-2-20(34(32,33)17-5-3-4-16(13-17)23(26,27)28)14-8-10-29(11-9-14)22(31)21(30)15-6-7-19(25)18(24)12-15/h3-7,12-14,20H,2,8-11H2,1H3. The smallest absolute Gasteiger partial charge is 0.336 e. The first-order valence-corrected chi connectivity index (χ1v) is 12.9. The Morgan fingerprint density at radius 2 is 1.76 bits per heavy atom. The van der Waals surface area contributed by atoms with Crippen LogP contribution in [0.4, 0.5) is 17.6 Å². The molecule has 1 heterocycles. The Morgan fingerprint density at radius 3 is 2.32 bits per heavy atom. The molecule has 3 rings (SSSR count). The molecule has 1 aliphatic heterocycles. The zero-order valence-corrected chi connectivity index (χ0v) is 20.5. The molecule has 34 heavy (non-hydrogen) atoms. The molecule has 1 saturated heterocycles. The third-order valence-corrected chi connectivity index (χ3v) is 9.05. The van der Waals surface area contributed by atoms with E-state index in [0.717, 1.165) is 24.3 Å². The third-order valence-electron chi connectivity index (χ3n) is 6.02. The summed E-state index contributed by atoms with van der Waals surface area (Å²) in [7, 11) is -4.05. The first-order chi connectivity index (χ1) is 15.9. The zero-order valence-electron chi connectivity index (χ0n) is 18.1. The highest BCUT2D eigenvalue weighted by molar-refractivity contribution is 9.10. The Balaban J connectivity index is 1.72. The van der Waals surface area contributed by atoms with Crippen LogP contribution in [0.5, 0.6) is 0 Å². The van der Waals surface area contributed by atoms with E-state index in [2.05, 4.69) is 15.9 Å². The summed E-state index contributed by atoms with van der Waals surface area (Å²) in [4.78, 5) is 26.1. The number of sulfone groups is 1. The minimum atomic E-state index is -4.66. The molecular weight excluding hydrogens is 542 g/mol. The van der Waals surface area contributed by atoms with Gasteiger partial charge in [-0.3, -0.25) is 9.59 Å². The number of benzene rings is 2. The fourth-order valence-corrected chi connectivity index (χ4v) is 6.71. The third kappa shape index (κ3) is 5.51. The van der Waals surface area contributed by atoms with Gasteiger partial charge in [-0.25, -0.2) is 12.8 Å². The van der Waals surface area contributed by atoms with Crippen LogP contribution >= 0.6 is 15.9 Å². The van der Waals surface area contributed by atoms with Gasteiger partial charge >= 0.3 is 6.18 Å². The summed E-state index contributed by atoms with van der Waals surface area (Å²) in [6, 6.07) is 7.20. The van der Waals surface area contributed by atoms with Crippen molar-refractivity contribution in [2.24, 2.45) is 5.92 Å². The zero-order chi connectivity index (χ0) is 25.3. The fourth-order valence-electron chi connectivity index (χ4n) is 4.21. The molecule has 1 amide bonds. The van der Waals surface area contributed by atoms with E-state index < -0.39 is 44.3 Å². The minimum absolute atomic E-state index is 0.0268. The first kappa shape index (κ1) is 26.3. The SMILES string of the molecule is CCC(C1CCN(C(=O)C(=O)c2ccc(F)c(Br)c2)CC1)S(=O)(=O)c1cccc(C(F)(F)F)c1. The van der Waals surface area contributed by atoms with E-state index in [-0.39, 0.29) is 53.2 Å². The van der Waals surface area contributed by atoms with E-state index in [1.807, 2.05) is 0 Å². The van der Waals surface area contributed by atoms with Crippen molar-refractivity contribution in [3.63, 3.8) is 0 Å². The van der Waals surface area contributed by atoms with Crippen LogP contribution in [0.2, 0.25) is 0 Å². The van der Waals surface area contributed by atoms with Crippen LogP contribution in [0.1, 0.15) is 42.1 Å². The molecule has 0 bridgehead atoms. The first-order valence-electron chi connectivity index (χ1n) is 10.6. The molecule has 2 aromatic rings. The van der Waals surface area contributed by atoms with Crippen molar-refractivity contribution >= 4 is 37.5 Å². The Labute approximate surface area is 203 Å². The number of ketones is 1. The Bertz CT molecular complexity index is 1190. The lowest BCUT2D eigenvalue weighted by molar-refractivity contribution is -0.137. The molecule has 0 spiro atoms. The van der Waals surface area contributed by atoms with Gasteiger partial charge < -0.3 is 4.90 Å². The minimum Gasteiger partial charge on any atom is -0.336 e. The van der Waals surface area contributed by atoms with Gasteiger partial charge in [0.05, 0.1) is 20.2 Å². The van der Waals surface area contributed by atoms with Crippen molar-refractivity contribution in [1.29, 1.82) is 0 Å². The molecule has 1 aliphatic rings. The van der Waals surface area contributed by atoms with Gasteiger partial charge in [0.25, 0.3) is 5.91 Å². The van der Waals surface area contributed by atoms with Crippen LogP contribution in [-0.4, -0.2) is 43.3 Å². The van der Waals surface area contributed by atoms with E-state index in [4.69, 9.17) is 0 Å². The number of amides is 1. The summed E-state index contributed by atoms with van der Waals surface area (Å²) in [5.74, 6) is -2.53. The molecule has 0 radical (unpaired) electrons. The lowest BCUT2D eigenvalue weighted by atomic mass is 9.91. The molecule has 2 aromatic carbocycles. The second-order valence-corrected chi connectivity index (χ2v) is 11.1. The highest BCUT2D eigenvalue weighted by Crippen LogP contribution is 2.35.